The number of nitrogens with zero attached hydrogens (tertiary/aromatic N) is 1. The number of fused-ring (bicyclic) bond motifs is 1. The van der Waals surface area contributed by atoms with Crippen LogP contribution < -0.4 is 0 Å². The van der Waals surface area contributed by atoms with Crippen molar-refractivity contribution in [3.8, 4) is 0 Å². The first kappa shape index (κ1) is 24.8. The topological polar surface area (TPSA) is 42.4 Å². The van der Waals surface area contributed by atoms with Crippen molar-refractivity contribution in [2.24, 2.45) is 5.41 Å². The first-order valence-electron chi connectivity index (χ1n) is 13.1. The molecular weight excluding hydrogens is 451 g/mol. The minimum atomic E-state index is -4.40. The maximum Gasteiger partial charge on any atom is 0.416 e. The number of aromatic nitrogens is 1. The Morgan fingerprint density at radius 2 is 1.69 bits per heavy atom. The van der Waals surface area contributed by atoms with Crippen LogP contribution in [0, 0.1) is 5.41 Å². The average Bonchev–Trinajstić information content (AvgIpc) is 3.34. The lowest BCUT2D eigenvalue weighted by molar-refractivity contribution is -0.137. The Labute approximate surface area is 206 Å². The van der Waals surface area contributed by atoms with E-state index in [-0.39, 0.29) is 17.4 Å². The molecule has 3 aliphatic rings. The van der Waals surface area contributed by atoms with E-state index < -0.39 is 17.8 Å². The van der Waals surface area contributed by atoms with Gasteiger partial charge in [-0.2, -0.15) is 13.2 Å². The van der Waals surface area contributed by atoms with E-state index >= 15 is 0 Å². The van der Waals surface area contributed by atoms with E-state index in [1.807, 2.05) is 0 Å². The summed E-state index contributed by atoms with van der Waals surface area (Å²) in [6.07, 6.45) is 4.53. The van der Waals surface area contributed by atoms with E-state index in [1.165, 1.54) is 37.0 Å². The molecule has 3 aliphatic carbocycles. The van der Waals surface area contributed by atoms with Crippen molar-refractivity contribution in [1.82, 2.24) is 4.98 Å². The summed E-state index contributed by atoms with van der Waals surface area (Å²) < 4.78 is 45.6. The Balaban J connectivity index is 1.69. The Hall–Kier alpha value is -1.92. The number of methoxy groups -OCH3 is 1. The molecule has 2 fully saturated rings. The molecule has 35 heavy (non-hydrogen) atoms. The Kier molecular flexibility index (Phi) is 6.50. The maximum atomic E-state index is 13.2. The molecule has 2 atom stereocenters. The van der Waals surface area contributed by atoms with Crippen LogP contribution in [-0.4, -0.2) is 17.2 Å². The Morgan fingerprint density at radius 3 is 2.20 bits per heavy atom. The van der Waals surface area contributed by atoms with Crippen LogP contribution in [-0.2, 0) is 17.3 Å². The molecule has 6 heteroatoms. The molecule has 2 aromatic rings. The molecule has 190 valence electrons. The summed E-state index contributed by atoms with van der Waals surface area (Å²) in [6.45, 7) is 4.18. The third kappa shape index (κ3) is 4.42. The number of halogens is 3. The Morgan fingerprint density at radius 1 is 1.03 bits per heavy atom. The van der Waals surface area contributed by atoms with Gasteiger partial charge in [0.05, 0.1) is 11.7 Å². The molecule has 3 nitrogen and oxygen atoms in total. The molecule has 0 bridgehead atoms. The SMILES string of the molecule is CO[C@H]1CC2(CCC2)Cc2nc(C(C)C)c([C@@H](O)c3ccc(C(F)(F)F)cc3)c(C3CCCC3)c21. The molecule has 1 aromatic carbocycles. The number of benzene rings is 1. The number of ether oxygens (including phenoxy) is 1. The molecule has 1 N–H and O–H groups in total. The van der Waals surface area contributed by atoms with Crippen LogP contribution in [0.25, 0.3) is 0 Å². The molecule has 0 saturated heterocycles. The number of rotatable bonds is 5. The van der Waals surface area contributed by atoms with Crippen LogP contribution in [0.5, 0.6) is 0 Å². The zero-order valence-corrected chi connectivity index (χ0v) is 20.9. The second kappa shape index (κ2) is 9.19. The summed E-state index contributed by atoms with van der Waals surface area (Å²) in [7, 11) is 1.77. The third-order valence-electron chi connectivity index (χ3n) is 8.74. The molecule has 0 aliphatic heterocycles. The van der Waals surface area contributed by atoms with Gasteiger partial charge in [-0.05, 0) is 79.0 Å². The second-order valence-corrected chi connectivity index (χ2v) is 11.3. The van der Waals surface area contributed by atoms with Crippen LogP contribution in [0.15, 0.2) is 24.3 Å². The van der Waals surface area contributed by atoms with Gasteiger partial charge in [0.1, 0.15) is 6.10 Å². The second-order valence-electron chi connectivity index (χ2n) is 11.3. The van der Waals surface area contributed by atoms with E-state index in [4.69, 9.17) is 9.72 Å². The molecule has 2 saturated carbocycles. The lowest BCUT2D eigenvalue weighted by atomic mass is 9.59. The zero-order chi connectivity index (χ0) is 25.0. The van der Waals surface area contributed by atoms with Crippen molar-refractivity contribution in [2.75, 3.05) is 7.11 Å². The molecule has 0 unspecified atom stereocenters. The van der Waals surface area contributed by atoms with E-state index in [1.54, 1.807) is 7.11 Å². The van der Waals surface area contributed by atoms with Crippen LogP contribution >= 0.6 is 0 Å². The van der Waals surface area contributed by atoms with Crippen LogP contribution in [0.4, 0.5) is 13.2 Å². The minimum Gasteiger partial charge on any atom is -0.384 e. The van der Waals surface area contributed by atoms with Gasteiger partial charge in [0.2, 0.25) is 0 Å². The van der Waals surface area contributed by atoms with Gasteiger partial charge in [0, 0.05) is 29.6 Å². The fraction of sp³-hybridized carbons (Fsp3) is 0.621. The van der Waals surface area contributed by atoms with Gasteiger partial charge in [0.15, 0.2) is 0 Å². The lowest BCUT2D eigenvalue weighted by Gasteiger charge is -2.48. The number of pyridine rings is 1. The van der Waals surface area contributed by atoms with Crippen molar-refractivity contribution < 1.29 is 23.0 Å². The van der Waals surface area contributed by atoms with Gasteiger partial charge >= 0.3 is 6.18 Å². The van der Waals surface area contributed by atoms with E-state index in [0.29, 0.717) is 11.5 Å². The normalized spacial score (nSPS) is 22.9. The number of hydrogen-bond donors (Lipinski definition) is 1. The van der Waals surface area contributed by atoms with Crippen molar-refractivity contribution in [3.05, 3.63) is 63.5 Å². The highest BCUT2D eigenvalue weighted by atomic mass is 19.4. The van der Waals surface area contributed by atoms with Gasteiger partial charge in [-0.1, -0.05) is 45.2 Å². The first-order valence-corrected chi connectivity index (χ1v) is 13.1. The average molecular weight is 488 g/mol. The van der Waals surface area contributed by atoms with E-state index in [9.17, 15) is 18.3 Å². The van der Waals surface area contributed by atoms with Crippen molar-refractivity contribution in [2.45, 2.75) is 102 Å². The molecule has 0 amide bonds. The Bertz CT molecular complexity index is 1070. The highest BCUT2D eigenvalue weighted by molar-refractivity contribution is 5.51. The summed E-state index contributed by atoms with van der Waals surface area (Å²) in [5, 5.41) is 11.7. The first-order chi connectivity index (χ1) is 16.6. The largest absolute Gasteiger partial charge is 0.416 e. The van der Waals surface area contributed by atoms with Crippen LogP contribution in [0.2, 0.25) is 0 Å². The summed E-state index contributed by atoms with van der Waals surface area (Å²) in [5.41, 5.74) is 5.17. The molecule has 5 rings (SSSR count). The van der Waals surface area contributed by atoms with Crippen molar-refractivity contribution in [3.63, 3.8) is 0 Å². The van der Waals surface area contributed by atoms with Gasteiger partial charge < -0.3 is 9.84 Å². The van der Waals surface area contributed by atoms with Gasteiger partial charge in [-0.25, -0.2) is 0 Å². The molecular formula is C29H36F3NO2. The van der Waals surface area contributed by atoms with Crippen LogP contribution in [0.3, 0.4) is 0 Å². The van der Waals surface area contributed by atoms with Crippen molar-refractivity contribution in [1.29, 1.82) is 0 Å². The summed E-state index contributed by atoms with van der Waals surface area (Å²) in [5.74, 6) is 0.399. The van der Waals surface area contributed by atoms with Gasteiger partial charge in [0.25, 0.3) is 0 Å². The summed E-state index contributed by atoms with van der Waals surface area (Å²) in [4.78, 5) is 5.20. The predicted octanol–water partition coefficient (Wildman–Crippen LogP) is 7.77. The number of alkyl halides is 3. The fourth-order valence-electron chi connectivity index (χ4n) is 6.78. The molecule has 0 radical (unpaired) electrons. The number of aliphatic hydroxyl groups excluding tert-OH is 1. The summed E-state index contributed by atoms with van der Waals surface area (Å²) >= 11 is 0. The van der Waals surface area contributed by atoms with E-state index in [2.05, 4.69) is 13.8 Å². The maximum absolute atomic E-state index is 13.2. The smallest absolute Gasteiger partial charge is 0.384 e. The number of hydrogen-bond acceptors (Lipinski definition) is 3. The molecule has 1 spiro atoms. The zero-order valence-electron chi connectivity index (χ0n) is 20.9. The predicted molar refractivity (Wildman–Crippen MR) is 129 cm³/mol. The minimum absolute atomic E-state index is 0.0538. The van der Waals surface area contributed by atoms with Gasteiger partial charge in [-0.15, -0.1) is 0 Å². The monoisotopic (exact) mass is 487 g/mol. The standard InChI is InChI=1S/C29H36F3NO2/c1-17(2)26-25(27(34)19-9-11-20(12-10-19)29(30,31)32)23(18-7-4-5-8-18)24-21(33-26)15-28(13-6-14-28)16-22(24)35-3/h9-12,17-18,22,27,34H,4-8,13-16H2,1-3H3/t22-,27-/m0/s1. The molecule has 1 aromatic heterocycles. The van der Waals surface area contributed by atoms with Crippen molar-refractivity contribution >= 4 is 0 Å². The highest BCUT2D eigenvalue weighted by Gasteiger charge is 2.47. The molecule has 1 heterocycles. The lowest BCUT2D eigenvalue weighted by Crippen LogP contribution is -2.39. The van der Waals surface area contributed by atoms with Crippen LogP contribution in [0.1, 0.15) is 128 Å². The quantitative estimate of drug-likeness (QED) is 0.468. The summed E-state index contributed by atoms with van der Waals surface area (Å²) in [6, 6.07) is 4.94. The number of aliphatic hydroxyl groups is 1. The fourth-order valence-corrected chi connectivity index (χ4v) is 6.78. The highest BCUT2D eigenvalue weighted by Crippen LogP contribution is 2.57. The van der Waals surface area contributed by atoms with E-state index in [0.717, 1.165) is 73.2 Å². The van der Waals surface area contributed by atoms with Gasteiger partial charge in [-0.3, -0.25) is 4.98 Å². The third-order valence-corrected chi connectivity index (χ3v) is 8.74.